The Balaban J connectivity index is 1.93. The third-order valence-corrected chi connectivity index (χ3v) is 4.14. The Labute approximate surface area is 142 Å². The first-order valence-corrected chi connectivity index (χ1v) is 7.99. The number of piperidine rings is 1. The van der Waals surface area contributed by atoms with Crippen LogP contribution in [0.25, 0.3) is 6.08 Å². The number of likely N-dealkylation sites (tertiary alicyclic amines) is 1. The van der Waals surface area contributed by atoms with Crippen LogP contribution >= 0.6 is 0 Å². The van der Waals surface area contributed by atoms with Crippen molar-refractivity contribution in [3.8, 4) is 11.5 Å². The van der Waals surface area contributed by atoms with Gasteiger partial charge >= 0.3 is 0 Å². The highest BCUT2D eigenvalue weighted by molar-refractivity contribution is 5.92. The third-order valence-electron chi connectivity index (χ3n) is 4.14. The molecule has 0 spiro atoms. The molecule has 1 aromatic rings. The fraction of sp³-hybridized carbons (Fsp3) is 0.444. The van der Waals surface area contributed by atoms with E-state index >= 15 is 0 Å². The maximum Gasteiger partial charge on any atom is 0.244 e. The van der Waals surface area contributed by atoms with Gasteiger partial charge in [0.2, 0.25) is 11.8 Å². The van der Waals surface area contributed by atoms with Gasteiger partial charge in [0.25, 0.3) is 0 Å². The van der Waals surface area contributed by atoms with Crippen LogP contribution in [0.15, 0.2) is 24.3 Å². The molecule has 2 amide bonds. The molecule has 1 saturated heterocycles. The molecule has 0 bridgehead atoms. The molecule has 1 N–H and O–H groups in total. The lowest BCUT2D eigenvalue weighted by molar-refractivity contribution is -0.129. The number of methoxy groups -OCH3 is 2. The van der Waals surface area contributed by atoms with E-state index in [1.54, 1.807) is 44.3 Å². The molecule has 24 heavy (non-hydrogen) atoms. The lowest BCUT2D eigenvalue weighted by Gasteiger charge is -2.31. The summed E-state index contributed by atoms with van der Waals surface area (Å²) in [5.74, 6) is 1.31. The molecule has 1 aromatic carbocycles. The van der Waals surface area contributed by atoms with Gasteiger partial charge in [0.05, 0.1) is 14.2 Å². The molecule has 1 aliphatic rings. The first kappa shape index (κ1) is 17.8. The lowest BCUT2D eigenvalue weighted by Crippen LogP contribution is -2.45. The second kappa shape index (κ2) is 8.38. The van der Waals surface area contributed by atoms with Crippen LogP contribution in [0.2, 0.25) is 0 Å². The van der Waals surface area contributed by atoms with Gasteiger partial charge in [0.1, 0.15) is 11.5 Å². The van der Waals surface area contributed by atoms with E-state index in [0.717, 1.165) is 18.4 Å². The Hall–Kier alpha value is -2.50. The fourth-order valence-electron chi connectivity index (χ4n) is 2.72. The highest BCUT2D eigenvalue weighted by Gasteiger charge is 2.21. The number of benzene rings is 1. The number of nitrogens with zero attached hydrogens (tertiary/aromatic N) is 1. The number of nitrogens with one attached hydrogen (secondary N) is 1. The van der Waals surface area contributed by atoms with E-state index < -0.39 is 0 Å². The monoisotopic (exact) mass is 332 g/mol. The van der Waals surface area contributed by atoms with Crippen LogP contribution in [-0.4, -0.2) is 50.1 Å². The highest BCUT2D eigenvalue weighted by Crippen LogP contribution is 2.25. The van der Waals surface area contributed by atoms with Crippen molar-refractivity contribution in [1.82, 2.24) is 10.2 Å². The van der Waals surface area contributed by atoms with Gasteiger partial charge in [-0.25, -0.2) is 0 Å². The SMILES string of the molecule is COc1ccc(OC)c(/C=C/C(=O)NC2CCN(C(C)=O)CC2)c1. The van der Waals surface area contributed by atoms with E-state index in [0.29, 0.717) is 24.6 Å². The molecule has 0 saturated carbocycles. The number of hydrogen-bond donors (Lipinski definition) is 1. The zero-order valence-corrected chi connectivity index (χ0v) is 14.4. The smallest absolute Gasteiger partial charge is 0.244 e. The van der Waals surface area contributed by atoms with Crippen LogP contribution in [0, 0.1) is 0 Å². The van der Waals surface area contributed by atoms with E-state index in [1.807, 2.05) is 6.07 Å². The minimum absolute atomic E-state index is 0.0878. The lowest BCUT2D eigenvalue weighted by atomic mass is 10.0. The van der Waals surface area contributed by atoms with E-state index in [1.165, 1.54) is 6.08 Å². The van der Waals surface area contributed by atoms with Crippen molar-refractivity contribution in [2.75, 3.05) is 27.3 Å². The molecule has 0 aromatic heterocycles. The number of rotatable bonds is 5. The molecule has 2 rings (SSSR count). The third kappa shape index (κ3) is 4.75. The normalized spacial score (nSPS) is 15.4. The van der Waals surface area contributed by atoms with E-state index in [2.05, 4.69) is 5.32 Å². The van der Waals surface area contributed by atoms with Crippen molar-refractivity contribution in [2.45, 2.75) is 25.8 Å². The second-order valence-corrected chi connectivity index (χ2v) is 5.73. The molecular formula is C18H24N2O4. The highest BCUT2D eigenvalue weighted by atomic mass is 16.5. The summed E-state index contributed by atoms with van der Waals surface area (Å²) in [6.07, 6.45) is 4.76. The Kier molecular flexibility index (Phi) is 6.23. The number of carbonyl (C=O) groups is 2. The van der Waals surface area contributed by atoms with Crippen molar-refractivity contribution in [3.63, 3.8) is 0 Å². The van der Waals surface area contributed by atoms with Gasteiger partial charge in [-0.3, -0.25) is 9.59 Å². The van der Waals surface area contributed by atoms with Gasteiger partial charge in [-0.05, 0) is 37.1 Å². The van der Waals surface area contributed by atoms with Crippen molar-refractivity contribution >= 4 is 17.9 Å². The van der Waals surface area contributed by atoms with Gasteiger partial charge in [0.15, 0.2) is 0 Å². The molecule has 1 aliphatic heterocycles. The van der Waals surface area contributed by atoms with Gasteiger partial charge in [-0.15, -0.1) is 0 Å². The molecular weight excluding hydrogens is 308 g/mol. The summed E-state index contributed by atoms with van der Waals surface area (Å²) in [5.41, 5.74) is 0.776. The Morgan fingerprint density at radius 1 is 1.21 bits per heavy atom. The standard InChI is InChI=1S/C18H24N2O4/c1-13(21)20-10-8-15(9-11-20)19-18(22)7-4-14-12-16(23-2)5-6-17(14)24-3/h4-7,12,15H,8-11H2,1-3H3,(H,19,22)/b7-4+. The van der Waals surface area contributed by atoms with Crippen LogP contribution in [0.5, 0.6) is 11.5 Å². The van der Waals surface area contributed by atoms with Gasteiger partial charge in [0, 0.05) is 37.7 Å². The number of carbonyl (C=O) groups excluding carboxylic acids is 2. The maximum absolute atomic E-state index is 12.1. The van der Waals surface area contributed by atoms with Crippen molar-refractivity contribution in [3.05, 3.63) is 29.8 Å². The fourth-order valence-corrected chi connectivity index (χ4v) is 2.72. The van der Waals surface area contributed by atoms with Crippen molar-refractivity contribution in [1.29, 1.82) is 0 Å². The Bertz CT molecular complexity index is 619. The van der Waals surface area contributed by atoms with E-state index in [9.17, 15) is 9.59 Å². The zero-order valence-electron chi connectivity index (χ0n) is 14.4. The molecule has 6 heteroatoms. The number of amides is 2. The van der Waals surface area contributed by atoms with Gasteiger partial charge in [-0.2, -0.15) is 0 Å². The average molecular weight is 332 g/mol. The number of hydrogen-bond acceptors (Lipinski definition) is 4. The zero-order chi connectivity index (χ0) is 17.5. The predicted molar refractivity (Wildman–Crippen MR) is 92.0 cm³/mol. The summed E-state index contributed by atoms with van der Waals surface area (Å²) < 4.78 is 10.5. The second-order valence-electron chi connectivity index (χ2n) is 5.73. The molecule has 0 atom stereocenters. The van der Waals surface area contributed by atoms with Crippen molar-refractivity contribution < 1.29 is 19.1 Å². The summed E-state index contributed by atoms with van der Waals surface area (Å²) in [6, 6.07) is 5.52. The van der Waals surface area contributed by atoms with Crippen LogP contribution in [0.4, 0.5) is 0 Å². The average Bonchev–Trinajstić information content (AvgIpc) is 2.60. The first-order chi connectivity index (χ1) is 11.5. The van der Waals surface area contributed by atoms with Gasteiger partial charge < -0.3 is 19.7 Å². The molecule has 0 unspecified atom stereocenters. The summed E-state index contributed by atoms with van der Waals surface area (Å²) in [4.78, 5) is 25.2. The maximum atomic E-state index is 12.1. The molecule has 0 radical (unpaired) electrons. The predicted octanol–water partition coefficient (Wildman–Crippen LogP) is 1.84. The molecule has 1 fully saturated rings. The summed E-state index contributed by atoms with van der Waals surface area (Å²) in [5, 5.41) is 2.98. The quantitative estimate of drug-likeness (QED) is 0.836. The van der Waals surface area contributed by atoms with Crippen molar-refractivity contribution in [2.24, 2.45) is 0 Å². The summed E-state index contributed by atoms with van der Waals surface area (Å²) in [6.45, 7) is 2.95. The van der Waals surface area contributed by atoms with Gasteiger partial charge in [-0.1, -0.05) is 0 Å². The Morgan fingerprint density at radius 2 is 1.92 bits per heavy atom. The summed E-state index contributed by atoms with van der Waals surface area (Å²) in [7, 11) is 3.18. The minimum atomic E-state index is -0.152. The molecule has 0 aliphatic carbocycles. The molecule has 130 valence electrons. The largest absolute Gasteiger partial charge is 0.497 e. The molecule has 1 heterocycles. The molecule has 6 nitrogen and oxygen atoms in total. The number of ether oxygens (including phenoxy) is 2. The summed E-state index contributed by atoms with van der Waals surface area (Å²) >= 11 is 0. The van der Waals surface area contributed by atoms with Crippen LogP contribution in [-0.2, 0) is 9.59 Å². The minimum Gasteiger partial charge on any atom is -0.497 e. The topological polar surface area (TPSA) is 67.9 Å². The van der Waals surface area contributed by atoms with Crippen LogP contribution in [0.1, 0.15) is 25.3 Å². The van der Waals surface area contributed by atoms with E-state index in [4.69, 9.17) is 9.47 Å². The Morgan fingerprint density at radius 3 is 2.50 bits per heavy atom. The van der Waals surface area contributed by atoms with E-state index in [-0.39, 0.29) is 17.9 Å². The van der Waals surface area contributed by atoms with Crippen LogP contribution < -0.4 is 14.8 Å². The first-order valence-electron chi connectivity index (χ1n) is 7.99. The van der Waals surface area contributed by atoms with Crippen LogP contribution in [0.3, 0.4) is 0 Å².